The molecule has 2 atom stereocenters. The monoisotopic (exact) mass is 253 g/mol. The molecule has 0 spiro atoms. The maximum Gasteiger partial charge on any atom is 0.246 e. The topological polar surface area (TPSA) is 53.5 Å². The summed E-state index contributed by atoms with van der Waals surface area (Å²) in [6.45, 7) is 3.99. The molecule has 0 N–H and O–H groups in total. The van der Waals surface area contributed by atoms with Crippen molar-refractivity contribution in [2.75, 3.05) is 7.05 Å². The van der Waals surface area contributed by atoms with Crippen LogP contribution in [0.1, 0.15) is 18.7 Å². The molecule has 1 aliphatic rings. The maximum atomic E-state index is 12.1. The van der Waals surface area contributed by atoms with Gasteiger partial charge in [-0.3, -0.25) is 14.6 Å². The van der Waals surface area contributed by atoms with Crippen LogP contribution in [0.4, 0.5) is 0 Å². The first-order valence-corrected chi connectivity index (χ1v) is 6.35. The lowest BCUT2D eigenvalue weighted by molar-refractivity contribution is -0.159. The molecule has 0 aromatic carbocycles. The molecular formula is C11H15N3O2S. The van der Waals surface area contributed by atoms with Crippen LogP contribution < -0.4 is 0 Å². The number of carbonyl (C=O) groups excluding carboxylic acids is 2. The van der Waals surface area contributed by atoms with Crippen molar-refractivity contribution in [3.63, 3.8) is 0 Å². The van der Waals surface area contributed by atoms with E-state index in [1.54, 1.807) is 37.5 Å². The first-order valence-electron chi connectivity index (χ1n) is 5.47. The normalized spacial score (nSPS) is 25.6. The van der Waals surface area contributed by atoms with Gasteiger partial charge in [-0.2, -0.15) is 0 Å². The first-order chi connectivity index (χ1) is 8.02. The molecule has 17 heavy (non-hydrogen) atoms. The minimum absolute atomic E-state index is 0.00648. The third-order valence-corrected chi connectivity index (χ3v) is 3.97. The molecule has 0 radical (unpaired) electrons. The molecule has 1 aromatic heterocycles. The van der Waals surface area contributed by atoms with E-state index in [1.807, 2.05) is 0 Å². The number of likely N-dealkylation sites (N-methyl/N-ethyl adjacent to an activating group) is 1. The van der Waals surface area contributed by atoms with Gasteiger partial charge in [0.05, 0.1) is 12.1 Å². The summed E-state index contributed by atoms with van der Waals surface area (Å²) in [6.07, 6.45) is 1.73. The van der Waals surface area contributed by atoms with E-state index in [9.17, 15) is 9.59 Å². The summed E-state index contributed by atoms with van der Waals surface area (Å²) < 4.78 is 0. The molecule has 2 amide bonds. The molecule has 1 saturated heterocycles. The summed E-state index contributed by atoms with van der Waals surface area (Å²) in [5.41, 5.74) is 1.73. The summed E-state index contributed by atoms with van der Waals surface area (Å²) in [7, 11) is 1.67. The highest BCUT2D eigenvalue weighted by Crippen LogP contribution is 2.20. The van der Waals surface area contributed by atoms with Crippen LogP contribution in [0.5, 0.6) is 0 Å². The highest BCUT2D eigenvalue weighted by atomic mass is 32.1. The molecule has 0 saturated carbocycles. The Kier molecular flexibility index (Phi) is 3.15. The largest absolute Gasteiger partial charge is 0.332 e. The quantitative estimate of drug-likeness (QED) is 0.780. The van der Waals surface area contributed by atoms with Gasteiger partial charge >= 0.3 is 0 Å². The number of hydrogen-bond acceptors (Lipinski definition) is 4. The van der Waals surface area contributed by atoms with Crippen LogP contribution in [0.3, 0.4) is 0 Å². The zero-order valence-corrected chi connectivity index (χ0v) is 10.9. The number of nitrogens with zero attached hydrogens (tertiary/aromatic N) is 3. The zero-order chi connectivity index (χ0) is 12.6. The third kappa shape index (κ3) is 2.04. The Hall–Kier alpha value is -1.43. The van der Waals surface area contributed by atoms with Crippen molar-refractivity contribution in [1.29, 1.82) is 0 Å². The highest BCUT2D eigenvalue weighted by Gasteiger charge is 2.39. The van der Waals surface area contributed by atoms with E-state index in [0.717, 1.165) is 4.88 Å². The van der Waals surface area contributed by atoms with Gasteiger partial charge in [-0.05, 0) is 13.8 Å². The van der Waals surface area contributed by atoms with Gasteiger partial charge < -0.3 is 9.80 Å². The van der Waals surface area contributed by atoms with Crippen LogP contribution in [0.2, 0.25) is 0 Å². The molecule has 1 aromatic rings. The Labute approximate surface area is 104 Å². The summed E-state index contributed by atoms with van der Waals surface area (Å²) in [5, 5.41) is 0. The number of carbonyl (C=O) groups is 2. The molecule has 2 rings (SSSR count). The lowest BCUT2D eigenvalue weighted by Crippen LogP contribution is -2.61. The second kappa shape index (κ2) is 4.44. The van der Waals surface area contributed by atoms with Crippen molar-refractivity contribution in [3.05, 3.63) is 16.6 Å². The van der Waals surface area contributed by atoms with E-state index in [4.69, 9.17) is 0 Å². The van der Waals surface area contributed by atoms with Gasteiger partial charge in [0.15, 0.2) is 0 Å². The predicted molar refractivity (Wildman–Crippen MR) is 64.4 cm³/mol. The van der Waals surface area contributed by atoms with E-state index in [-0.39, 0.29) is 17.9 Å². The molecular weight excluding hydrogens is 238 g/mol. The summed E-state index contributed by atoms with van der Waals surface area (Å²) in [5.74, 6) is -0.0189. The fourth-order valence-electron chi connectivity index (χ4n) is 1.92. The fraction of sp³-hybridized carbons (Fsp3) is 0.545. The molecule has 5 nitrogen and oxygen atoms in total. The first kappa shape index (κ1) is 12.0. The average Bonchev–Trinajstić information content (AvgIpc) is 2.82. The van der Waals surface area contributed by atoms with Crippen LogP contribution in [0.15, 0.2) is 11.7 Å². The Bertz CT molecular complexity index is 432. The number of thiazole rings is 1. The molecule has 2 heterocycles. The zero-order valence-electron chi connectivity index (χ0n) is 10.1. The Morgan fingerprint density at radius 2 is 2.00 bits per heavy atom. The average molecular weight is 253 g/mol. The van der Waals surface area contributed by atoms with Crippen molar-refractivity contribution in [2.24, 2.45) is 0 Å². The van der Waals surface area contributed by atoms with Gasteiger partial charge in [0.1, 0.15) is 12.1 Å². The lowest BCUT2D eigenvalue weighted by atomic mass is 10.1. The lowest BCUT2D eigenvalue weighted by Gasteiger charge is -2.40. The summed E-state index contributed by atoms with van der Waals surface area (Å²) in [4.78, 5) is 32.2. The number of amides is 2. The molecule has 92 valence electrons. The van der Waals surface area contributed by atoms with Gasteiger partial charge in [0.2, 0.25) is 11.8 Å². The summed E-state index contributed by atoms with van der Waals surface area (Å²) >= 11 is 1.49. The second-order valence-corrected chi connectivity index (χ2v) is 5.21. The Morgan fingerprint density at radius 1 is 1.29 bits per heavy atom. The minimum atomic E-state index is -0.397. The Balaban J connectivity index is 2.20. The smallest absolute Gasteiger partial charge is 0.246 e. The molecule has 0 unspecified atom stereocenters. The van der Waals surface area contributed by atoms with Gasteiger partial charge in [-0.1, -0.05) is 0 Å². The number of aromatic nitrogens is 1. The van der Waals surface area contributed by atoms with Crippen LogP contribution >= 0.6 is 11.3 Å². The van der Waals surface area contributed by atoms with Crippen molar-refractivity contribution in [1.82, 2.24) is 14.8 Å². The van der Waals surface area contributed by atoms with Crippen LogP contribution in [0, 0.1) is 0 Å². The molecule has 0 aliphatic carbocycles. The van der Waals surface area contributed by atoms with Gasteiger partial charge in [0.25, 0.3) is 0 Å². The van der Waals surface area contributed by atoms with E-state index in [0.29, 0.717) is 6.54 Å². The van der Waals surface area contributed by atoms with E-state index >= 15 is 0 Å². The molecule has 6 heteroatoms. The van der Waals surface area contributed by atoms with Crippen LogP contribution in [0.25, 0.3) is 0 Å². The van der Waals surface area contributed by atoms with Crippen LogP contribution in [-0.2, 0) is 16.1 Å². The number of hydrogen-bond donors (Lipinski definition) is 0. The van der Waals surface area contributed by atoms with Crippen LogP contribution in [-0.4, -0.2) is 45.7 Å². The van der Waals surface area contributed by atoms with Crippen molar-refractivity contribution < 1.29 is 9.59 Å². The van der Waals surface area contributed by atoms with Crippen molar-refractivity contribution in [2.45, 2.75) is 32.5 Å². The van der Waals surface area contributed by atoms with E-state index in [2.05, 4.69) is 4.98 Å². The number of piperazine rings is 1. The standard InChI is InChI=1S/C11H15N3O2S/c1-7-11(16)14(5-9-4-12-6-17-9)8(2)10(15)13(7)3/h4,6-8H,5H2,1-3H3/t7-,8-/m0/s1. The SMILES string of the molecule is C[C@H]1C(=O)N(Cc2cncs2)[C@@H](C)C(=O)N1C. The minimum Gasteiger partial charge on any atom is -0.332 e. The van der Waals surface area contributed by atoms with Gasteiger partial charge in [-0.15, -0.1) is 11.3 Å². The fourth-order valence-corrected chi connectivity index (χ4v) is 2.51. The van der Waals surface area contributed by atoms with E-state index in [1.165, 1.54) is 16.2 Å². The second-order valence-electron chi connectivity index (χ2n) is 4.23. The highest BCUT2D eigenvalue weighted by molar-refractivity contribution is 7.09. The summed E-state index contributed by atoms with van der Waals surface area (Å²) in [6, 6.07) is -0.780. The maximum absolute atomic E-state index is 12.1. The third-order valence-electron chi connectivity index (χ3n) is 3.20. The van der Waals surface area contributed by atoms with Gasteiger partial charge in [-0.25, -0.2) is 0 Å². The van der Waals surface area contributed by atoms with Crippen molar-refractivity contribution >= 4 is 23.2 Å². The molecule has 1 fully saturated rings. The van der Waals surface area contributed by atoms with E-state index < -0.39 is 6.04 Å². The number of rotatable bonds is 2. The predicted octanol–water partition coefficient (Wildman–Crippen LogP) is 0.721. The molecule has 0 bridgehead atoms. The molecule has 1 aliphatic heterocycles. The van der Waals surface area contributed by atoms with Gasteiger partial charge in [0, 0.05) is 18.1 Å². The van der Waals surface area contributed by atoms with Crippen molar-refractivity contribution in [3.8, 4) is 0 Å². The Morgan fingerprint density at radius 3 is 2.59 bits per heavy atom.